The van der Waals surface area contributed by atoms with Crippen LogP contribution < -0.4 is 5.32 Å². The van der Waals surface area contributed by atoms with E-state index in [0.29, 0.717) is 24.2 Å². The number of carbonyl (C=O) groups excluding carboxylic acids is 1. The molecule has 3 rings (SSSR count). The summed E-state index contributed by atoms with van der Waals surface area (Å²) in [6.45, 7) is 7.50. The van der Waals surface area contributed by atoms with E-state index in [1.165, 1.54) is 24.0 Å². The van der Waals surface area contributed by atoms with Crippen LogP contribution in [0.25, 0.3) is 0 Å². The number of benzene rings is 1. The second kappa shape index (κ2) is 8.16. The highest BCUT2D eigenvalue weighted by Gasteiger charge is 2.29. The summed E-state index contributed by atoms with van der Waals surface area (Å²) in [6.07, 6.45) is 4.20. The Kier molecular flexibility index (Phi) is 6.49. The molecule has 0 saturated carbocycles. The van der Waals surface area contributed by atoms with Crippen LogP contribution in [0, 0.1) is 11.8 Å². The van der Waals surface area contributed by atoms with Crippen LogP contribution in [0.5, 0.6) is 0 Å². The van der Waals surface area contributed by atoms with E-state index in [1.54, 1.807) is 0 Å². The van der Waals surface area contributed by atoms with E-state index < -0.39 is 0 Å². The largest absolute Gasteiger partial charge is 0.336 e. The number of amides is 1. The molecule has 0 bridgehead atoms. The van der Waals surface area contributed by atoms with Crippen LogP contribution in [0.15, 0.2) is 24.3 Å². The SMILES string of the molecule is CC(CC(=O)N1CCc2ccccc2C1C)C1CCCNC1.Cl. The lowest BCUT2D eigenvalue weighted by atomic mass is 9.84. The van der Waals surface area contributed by atoms with Gasteiger partial charge in [0.1, 0.15) is 0 Å². The van der Waals surface area contributed by atoms with E-state index in [9.17, 15) is 4.79 Å². The average molecular weight is 337 g/mol. The lowest BCUT2D eigenvalue weighted by molar-refractivity contribution is -0.135. The maximum atomic E-state index is 12.8. The van der Waals surface area contributed by atoms with Gasteiger partial charge in [-0.2, -0.15) is 0 Å². The van der Waals surface area contributed by atoms with Crippen LogP contribution in [-0.2, 0) is 11.2 Å². The summed E-state index contributed by atoms with van der Waals surface area (Å²) in [5, 5.41) is 3.47. The number of hydrogen-bond acceptors (Lipinski definition) is 2. The zero-order valence-electron chi connectivity index (χ0n) is 14.3. The first-order chi connectivity index (χ1) is 10.7. The molecular formula is C19H29ClN2O. The van der Waals surface area contributed by atoms with Gasteiger partial charge in [-0.3, -0.25) is 4.79 Å². The Labute approximate surface area is 146 Å². The second-order valence-corrected chi connectivity index (χ2v) is 7.00. The van der Waals surface area contributed by atoms with Crippen molar-refractivity contribution in [1.29, 1.82) is 0 Å². The van der Waals surface area contributed by atoms with Crippen molar-refractivity contribution in [3.8, 4) is 0 Å². The third-order valence-corrected chi connectivity index (χ3v) is 5.55. The summed E-state index contributed by atoms with van der Waals surface area (Å²) in [4.78, 5) is 14.9. The molecule has 1 N–H and O–H groups in total. The minimum atomic E-state index is 0. The van der Waals surface area contributed by atoms with Gasteiger partial charge >= 0.3 is 0 Å². The van der Waals surface area contributed by atoms with Crippen LogP contribution in [0.1, 0.15) is 50.3 Å². The molecule has 0 spiro atoms. The van der Waals surface area contributed by atoms with E-state index in [1.807, 2.05) is 0 Å². The van der Waals surface area contributed by atoms with Crippen molar-refractivity contribution in [3.63, 3.8) is 0 Å². The number of fused-ring (bicyclic) bond motifs is 1. The summed E-state index contributed by atoms with van der Waals surface area (Å²) in [5.41, 5.74) is 2.73. The van der Waals surface area contributed by atoms with E-state index in [2.05, 4.69) is 48.3 Å². The van der Waals surface area contributed by atoms with Crippen molar-refractivity contribution < 1.29 is 4.79 Å². The first kappa shape index (κ1) is 18.3. The predicted molar refractivity (Wildman–Crippen MR) is 96.9 cm³/mol. The molecule has 1 amide bonds. The second-order valence-electron chi connectivity index (χ2n) is 7.00. The fraction of sp³-hybridized carbons (Fsp3) is 0.632. The van der Waals surface area contributed by atoms with Crippen LogP contribution in [0.4, 0.5) is 0 Å². The summed E-state index contributed by atoms with van der Waals surface area (Å²) in [5.74, 6) is 1.47. The number of halogens is 1. The number of piperidine rings is 1. The Balaban J connectivity index is 0.00000192. The van der Waals surface area contributed by atoms with E-state index in [0.717, 1.165) is 26.1 Å². The molecule has 1 fully saturated rings. The van der Waals surface area contributed by atoms with Gasteiger partial charge in [-0.05, 0) is 62.2 Å². The molecule has 1 aromatic carbocycles. The molecule has 0 aliphatic carbocycles. The van der Waals surface area contributed by atoms with Crippen LogP contribution >= 0.6 is 12.4 Å². The molecule has 0 radical (unpaired) electrons. The molecule has 1 saturated heterocycles. The van der Waals surface area contributed by atoms with Crippen molar-refractivity contribution >= 4 is 18.3 Å². The fourth-order valence-electron chi connectivity index (χ4n) is 4.04. The van der Waals surface area contributed by atoms with E-state index >= 15 is 0 Å². The van der Waals surface area contributed by atoms with Crippen molar-refractivity contribution in [2.45, 2.75) is 45.6 Å². The summed E-state index contributed by atoms with van der Waals surface area (Å²) >= 11 is 0. The normalized spacial score (nSPS) is 25.2. The summed E-state index contributed by atoms with van der Waals surface area (Å²) < 4.78 is 0. The third-order valence-electron chi connectivity index (χ3n) is 5.55. The fourth-order valence-corrected chi connectivity index (χ4v) is 4.04. The van der Waals surface area contributed by atoms with Crippen LogP contribution in [-0.4, -0.2) is 30.4 Å². The topological polar surface area (TPSA) is 32.3 Å². The number of hydrogen-bond donors (Lipinski definition) is 1. The number of carbonyl (C=O) groups is 1. The third kappa shape index (κ3) is 4.07. The van der Waals surface area contributed by atoms with Gasteiger partial charge < -0.3 is 10.2 Å². The predicted octanol–water partition coefficient (Wildman–Crippen LogP) is 3.58. The molecule has 3 nitrogen and oxygen atoms in total. The Morgan fingerprint density at radius 3 is 2.91 bits per heavy atom. The Morgan fingerprint density at radius 2 is 2.17 bits per heavy atom. The van der Waals surface area contributed by atoms with Crippen molar-refractivity contribution in [1.82, 2.24) is 10.2 Å². The van der Waals surface area contributed by atoms with Gasteiger partial charge in [0.05, 0.1) is 6.04 Å². The highest BCUT2D eigenvalue weighted by Crippen LogP contribution is 2.31. The van der Waals surface area contributed by atoms with Crippen LogP contribution in [0.2, 0.25) is 0 Å². The summed E-state index contributed by atoms with van der Waals surface area (Å²) in [6, 6.07) is 8.77. The maximum Gasteiger partial charge on any atom is 0.223 e. The summed E-state index contributed by atoms with van der Waals surface area (Å²) in [7, 11) is 0. The highest BCUT2D eigenvalue weighted by molar-refractivity contribution is 5.85. The van der Waals surface area contributed by atoms with Gasteiger partial charge in [0.15, 0.2) is 0 Å². The zero-order chi connectivity index (χ0) is 15.5. The van der Waals surface area contributed by atoms with Crippen LogP contribution in [0.3, 0.4) is 0 Å². The Hall–Kier alpha value is -1.06. The smallest absolute Gasteiger partial charge is 0.223 e. The van der Waals surface area contributed by atoms with E-state index in [4.69, 9.17) is 0 Å². The van der Waals surface area contributed by atoms with Crippen molar-refractivity contribution in [2.75, 3.05) is 19.6 Å². The molecule has 1 aromatic rings. The molecule has 0 aromatic heterocycles. The quantitative estimate of drug-likeness (QED) is 0.915. The molecule has 128 valence electrons. The highest BCUT2D eigenvalue weighted by atomic mass is 35.5. The Morgan fingerprint density at radius 1 is 1.39 bits per heavy atom. The molecule has 4 heteroatoms. The van der Waals surface area contributed by atoms with Gasteiger partial charge in [-0.25, -0.2) is 0 Å². The average Bonchev–Trinajstić information content (AvgIpc) is 2.56. The molecular weight excluding hydrogens is 308 g/mol. The first-order valence-electron chi connectivity index (χ1n) is 8.75. The lowest BCUT2D eigenvalue weighted by Crippen LogP contribution is -2.41. The monoisotopic (exact) mass is 336 g/mol. The molecule has 3 unspecified atom stereocenters. The zero-order valence-corrected chi connectivity index (χ0v) is 15.1. The number of nitrogens with one attached hydrogen (secondary N) is 1. The molecule has 3 atom stereocenters. The molecule has 2 aliphatic heterocycles. The van der Waals surface area contributed by atoms with Gasteiger partial charge in [-0.1, -0.05) is 31.2 Å². The number of nitrogens with zero attached hydrogens (tertiary/aromatic N) is 1. The van der Waals surface area contributed by atoms with Gasteiger partial charge in [-0.15, -0.1) is 12.4 Å². The lowest BCUT2D eigenvalue weighted by Gasteiger charge is -2.37. The van der Waals surface area contributed by atoms with Gasteiger partial charge in [0.25, 0.3) is 0 Å². The van der Waals surface area contributed by atoms with Gasteiger partial charge in [0.2, 0.25) is 5.91 Å². The molecule has 2 heterocycles. The van der Waals surface area contributed by atoms with Crippen molar-refractivity contribution in [2.24, 2.45) is 11.8 Å². The van der Waals surface area contributed by atoms with E-state index in [-0.39, 0.29) is 18.4 Å². The maximum absolute atomic E-state index is 12.8. The molecule has 2 aliphatic rings. The first-order valence-corrected chi connectivity index (χ1v) is 8.75. The number of rotatable bonds is 3. The minimum Gasteiger partial charge on any atom is -0.336 e. The van der Waals surface area contributed by atoms with Crippen molar-refractivity contribution in [3.05, 3.63) is 35.4 Å². The molecule has 23 heavy (non-hydrogen) atoms. The standard InChI is InChI=1S/C19H28N2O.ClH/c1-14(17-7-5-10-20-13-17)12-19(22)21-11-9-16-6-3-4-8-18(16)15(21)2;/h3-4,6,8,14-15,17,20H,5,7,9-13H2,1-2H3;1H. The minimum absolute atomic E-state index is 0. The Bertz CT molecular complexity index is 528. The van der Waals surface area contributed by atoms with Gasteiger partial charge in [0, 0.05) is 13.0 Å².